The van der Waals surface area contributed by atoms with Crippen LogP contribution in [0, 0.1) is 0 Å². The van der Waals surface area contributed by atoms with Gasteiger partial charge in [0.2, 0.25) is 5.88 Å². The standard InChI is InChI=1S/C14H17N3O/c1-18-14-13(16-7-8-17-14)9-12(10-15)11-5-3-2-4-6-11/h2-8,12H,9-10,15H2,1H3. The number of benzene rings is 1. The molecular weight excluding hydrogens is 226 g/mol. The van der Waals surface area contributed by atoms with Gasteiger partial charge >= 0.3 is 0 Å². The van der Waals surface area contributed by atoms with Crippen LogP contribution in [-0.4, -0.2) is 23.6 Å². The van der Waals surface area contributed by atoms with Crippen molar-refractivity contribution in [1.29, 1.82) is 0 Å². The number of hydrogen-bond donors (Lipinski definition) is 1. The minimum absolute atomic E-state index is 0.233. The van der Waals surface area contributed by atoms with E-state index in [0.717, 1.165) is 12.1 Å². The fourth-order valence-electron chi connectivity index (χ4n) is 1.96. The van der Waals surface area contributed by atoms with Crippen LogP contribution >= 0.6 is 0 Å². The maximum Gasteiger partial charge on any atom is 0.235 e. The highest BCUT2D eigenvalue weighted by molar-refractivity contribution is 5.25. The highest BCUT2D eigenvalue weighted by Crippen LogP contribution is 2.22. The van der Waals surface area contributed by atoms with Gasteiger partial charge in [0, 0.05) is 24.7 Å². The minimum Gasteiger partial charge on any atom is -0.480 e. The number of aromatic nitrogens is 2. The summed E-state index contributed by atoms with van der Waals surface area (Å²) in [7, 11) is 1.60. The highest BCUT2D eigenvalue weighted by Gasteiger charge is 2.14. The van der Waals surface area contributed by atoms with Gasteiger partial charge in [0.25, 0.3) is 0 Å². The van der Waals surface area contributed by atoms with Gasteiger partial charge in [-0.1, -0.05) is 30.3 Å². The number of nitrogens with two attached hydrogens (primary N) is 1. The quantitative estimate of drug-likeness (QED) is 0.869. The Morgan fingerprint density at radius 1 is 1.17 bits per heavy atom. The van der Waals surface area contributed by atoms with E-state index in [0.29, 0.717) is 12.4 Å². The number of methoxy groups -OCH3 is 1. The Morgan fingerprint density at radius 2 is 1.89 bits per heavy atom. The van der Waals surface area contributed by atoms with Crippen molar-refractivity contribution in [3.8, 4) is 5.88 Å². The zero-order chi connectivity index (χ0) is 12.8. The second-order valence-corrected chi connectivity index (χ2v) is 4.06. The molecule has 4 nitrogen and oxygen atoms in total. The first-order chi connectivity index (χ1) is 8.85. The van der Waals surface area contributed by atoms with Gasteiger partial charge in [0.1, 0.15) is 5.69 Å². The normalized spacial score (nSPS) is 12.1. The molecule has 0 saturated carbocycles. The Morgan fingerprint density at radius 3 is 2.56 bits per heavy atom. The van der Waals surface area contributed by atoms with Gasteiger partial charge < -0.3 is 10.5 Å². The van der Waals surface area contributed by atoms with Crippen LogP contribution in [0.5, 0.6) is 5.88 Å². The van der Waals surface area contributed by atoms with Crippen molar-refractivity contribution in [3.05, 3.63) is 54.0 Å². The molecule has 18 heavy (non-hydrogen) atoms. The maximum atomic E-state index is 5.86. The Labute approximate surface area is 107 Å². The molecule has 0 bridgehead atoms. The maximum absolute atomic E-state index is 5.86. The molecule has 0 aliphatic heterocycles. The molecule has 1 heterocycles. The van der Waals surface area contributed by atoms with Crippen LogP contribution < -0.4 is 10.5 Å². The lowest BCUT2D eigenvalue weighted by Gasteiger charge is -2.15. The van der Waals surface area contributed by atoms with Crippen LogP contribution in [0.25, 0.3) is 0 Å². The lowest BCUT2D eigenvalue weighted by molar-refractivity contribution is 0.387. The van der Waals surface area contributed by atoms with Crippen molar-refractivity contribution in [2.75, 3.05) is 13.7 Å². The van der Waals surface area contributed by atoms with E-state index in [1.165, 1.54) is 5.56 Å². The first-order valence-electron chi connectivity index (χ1n) is 5.94. The lowest BCUT2D eigenvalue weighted by Crippen LogP contribution is -2.16. The number of hydrogen-bond acceptors (Lipinski definition) is 4. The van der Waals surface area contributed by atoms with E-state index >= 15 is 0 Å². The van der Waals surface area contributed by atoms with E-state index in [-0.39, 0.29) is 5.92 Å². The van der Waals surface area contributed by atoms with Crippen molar-refractivity contribution < 1.29 is 4.74 Å². The first kappa shape index (κ1) is 12.5. The van der Waals surface area contributed by atoms with Crippen LogP contribution in [0.15, 0.2) is 42.7 Å². The molecule has 0 spiro atoms. The summed E-state index contributed by atoms with van der Waals surface area (Å²) in [5.74, 6) is 0.809. The summed E-state index contributed by atoms with van der Waals surface area (Å²) in [6.45, 7) is 0.573. The van der Waals surface area contributed by atoms with Gasteiger partial charge in [0.05, 0.1) is 7.11 Å². The number of rotatable bonds is 5. The average Bonchev–Trinajstić information content (AvgIpc) is 2.46. The van der Waals surface area contributed by atoms with Gasteiger partial charge in [-0.05, 0) is 12.1 Å². The fraction of sp³-hybridized carbons (Fsp3) is 0.286. The molecule has 0 amide bonds. The monoisotopic (exact) mass is 243 g/mol. The predicted octanol–water partition coefficient (Wildman–Crippen LogP) is 1.77. The third kappa shape index (κ3) is 2.84. The number of ether oxygens (including phenoxy) is 1. The summed E-state index contributed by atoms with van der Waals surface area (Å²) in [5.41, 5.74) is 7.92. The number of nitrogens with zero attached hydrogens (tertiary/aromatic N) is 2. The van der Waals surface area contributed by atoms with Crippen molar-refractivity contribution in [1.82, 2.24) is 9.97 Å². The first-order valence-corrected chi connectivity index (χ1v) is 5.94. The van der Waals surface area contributed by atoms with Gasteiger partial charge in [-0.3, -0.25) is 4.98 Å². The Bertz CT molecular complexity index is 487. The fourth-order valence-corrected chi connectivity index (χ4v) is 1.96. The molecule has 94 valence electrons. The smallest absolute Gasteiger partial charge is 0.235 e. The molecule has 1 atom stereocenters. The molecule has 2 N–H and O–H groups in total. The molecule has 2 rings (SSSR count). The molecule has 0 fully saturated rings. The van der Waals surface area contributed by atoms with Gasteiger partial charge in [-0.25, -0.2) is 4.98 Å². The third-order valence-corrected chi connectivity index (χ3v) is 2.92. The van der Waals surface area contributed by atoms with Gasteiger partial charge in [0.15, 0.2) is 0 Å². The van der Waals surface area contributed by atoms with Crippen molar-refractivity contribution >= 4 is 0 Å². The van der Waals surface area contributed by atoms with Crippen LogP contribution in [0.3, 0.4) is 0 Å². The summed E-state index contributed by atoms with van der Waals surface area (Å²) in [5, 5.41) is 0. The molecule has 1 unspecified atom stereocenters. The van der Waals surface area contributed by atoms with Crippen molar-refractivity contribution in [2.45, 2.75) is 12.3 Å². The highest BCUT2D eigenvalue weighted by atomic mass is 16.5. The topological polar surface area (TPSA) is 61.0 Å². The van der Waals surface area contributed by atoms with Crippen molar-refractivity contribution in [2.24, 2.45) is 5.73 Å². The summed E-state index contributed by atoms with van der Waals surface area (Å²) in [6, 6.07) is 10.2. The molecule has 1 aromatic heterocycles. The SMILES string of the molecule is COc1nccnc1CC(CN)c1ccccc1. The van der Waals surface area contributed by atoms with Crippen LogP contribution in [-0.2, 0) is 6.42 Å². The van der Waals surface area contributed by atoms with Gasteiger partial charge in [-0.15, -0.1) is 0 Å². The second-order valence-electron chi connectivity index (χ2n) is 4.06. The molecule has 0 aliphatic rings. The van der Waals surface area contributed by atoms with Crippen LogP contribution in [0.1, 0.15) is 17.2 Å². The molecule has 0 saturated heterocycles. The van der Waals surface area contributed by atoms with Crippen molar-refractivity contribution in [3.63, 3.8) is 0 Å². The second kappa shape index (κ2) is 6.12. The predicted molar refractivity (Wildman–Crippen MR) is 70.5 cm³/mol. The molecule has 1 aromatic carbocycles. The minimum atomic E-state index is 0.233. The van der Waals surface area contributed by atoms with E-state index in [9.17, 15) is 0 Å². The molecule has 4 heteroatoms. The molecule has 0 radical (unpaired) electrons. The summed E-state index contributed by atoms with van der Waals surface area (Å²) < 4.78 is 5.21. The zero-order valence-electron chi connectivity index (χ0n) is 10.4. The Kier molecular flexibility index (Phi) is 4.25. The molecular formula is C14H17N3O. The van der Waals surface area contributed by atoms with Crippen LogP contribution in [0.4, 0.5) is 0 Å². The lowest BCUT2D eigenvalue weighted by atomic mass is 9.94. The largest absolute Gasteiger partial charge is 0.480 e. The van der Waals surface area contributed by atoms with E-state index < -0.39 is 0 Å². The zero-order valence-corrected chi connectivity index (χ0v) is 10.4. The summed E-state index contributed by atoms with van der Waals surface area (Å²) >= 11 is 0. The van der Waals surface area contributed by atoms with Crippen LogP contribution in [0.2, 0.25) is 0 Å². The van der Waals surface area contributed by atoms with E-state index in [1.54, 1.807) is 19.5 Å². The molecule has 0 aliphatic carbocycles. The third-order valence-electron chi connectivity index (χ3n) is 2.92. The van der Waals surface area contributed by atoms with E-state index in [1.807, 2.05) is 18.2 Å². The van der Waals surface area contributed by atoms with E-state index in [2.05, 4.69) is 22.1 Å². The average molecular weight is 243 g/mol. The summed E-state index contributed by atoms with van der Waals surface area (Å²) in [6.07, 6.45) is 4.04. The molecule has 2 aromatic rings. The summed E-state index contributed by atoms with van der Waals surface area (Å²) in [4.78, 5) is 8.47. The Balaban J connectivity index is 2.21. The van der Waals surface area contributed by atoms with Gasteiger partial charge in [-0.2, -0.15) is 0 Å². The van der Waals surface area contributed by atoms with E-state index in [4.69, 9.17) is 10.5 Å². The Hall–Kier alpha value is -1.94.